The Morgan fingerprint density at radius 3 is 2.60 bits per heavy atom. The smallest absolute Gasteiger partial charge is 0.142 e. The van der Waals surface area contributed by atoms with Gasteiger partial charge in [-0.1, -0.05) is 23.7 Å². The van der Waals surface area contributed by atoms with E-state index in [1.165, 1.54) is 0 Å². The number of nitrogens with zero attached hydrogens (tertiary/aromatic N) is 2. The van der Waals surface area contributed by atoms with Crippen molar-refractivity contribution in [3.05, 3.63) is 52.3 Å². The predicted molar refractivity (Wildman–Crippen MR) is 76.0 cm³/mol. The third-order valence-corrected chi connectivity index (χ3v) is 2.99. The second kappa shape index (κ2) is 6.27. The van der Waals surface area contributed by atoms with E-state index >= 15 is 0 Å². The molecule has 1 aromatic carbocycles. The standard InChI is InChI=1S/C15H13ClN2O2/c1-10-13(8-17)14(7-15(16)18-10)20-9-11-3-5-12(19-2)6-4-11/h3-7H,9H2,1-2H3. The van der Waals surface area contributed by atoms with Gasteiger partial charge in [-0.15, -0.1) is 0 Å². The summed E-state index contributed by atoms with van der Waals surface area (Å²) in [5, 5.41) is 9.44. The molecule has 0 bridgehead atoms. The Kier molecular flexibility index (Phi) is 4.44. The maximum absolute atomic E-state index is 9.13. The van der Waals surface area contributed by atoms with Gasteiger partial charge in [-0.25, -0.2) is 4.98 Å². The van der Waals surface area contributed by atoms with Gasteiger partial charge in [-0.2, -0.15) is 5.26 Å². The maximum Gasteiger partial charge on any atom is 0.142 e. The Balaban J connectivity index is 2.16. The summed E-state index contributed by atoms with van der Waals surface area (Å²) in [6.45, 7) is 2.07. The zero-order valence-electron chi connectivity index (χ0n) is 11.2. The monoisotopic (exact) mass is 288 g/mol. The van der Waals surface area contributed by atoms with Crippen LogP contribution < -0.4 is 9.47 Å². The molecule has 0 radical (unpaired) electrons. The Labute approximate surface area is 122 Å². The van der Waals surface area contributed by atoms with Crippen LogP contribution in [0.5, 0.6) is 11.5 Å². The summed E-state index contributed by atoms with van der Waals surface area (Å²) < 4.78 is 10.8. The lowest BCUT2D eigenvalue weighted by atomic mass is 10.2. The third kappa shape index (κ3) is 3.19. The third-order valence-electron chi connectivity index (χ3n) is 2.80. The van der Waals surface area contributed by atoms with E-state index in [0.29, 0.717) is 28.8 Å². The number of aromatic nitrogens is 1. The zero-order chi connectivity index (χ0) is 14.5. The van der Waals surface area contributed by atoms with Crippen molar-refractivity contribution >= 4 is 11.6 Å². The Hall–Kier alpha value is -2.25. The van der Waals surface area contributed by atoms with Crippen molar-refractivity contribution in [2.24, 2.45) is 0 Å². The van der Waals surface area contributed by atoms with E-state index in [-0.39, 0.29) is 0 Å². The number of nitriles is 1. The van der Waals surface area contributed by atoms with Crippen molar-refractivity contribution in [3.63, 3.8) is 0 Å². The van der Waals surface area contributed by atoms with E-state index < -0.39 is 0 Å². The highest BCUT2D eigenvalue weighted by Gasteiger charge is 2.10. The highest BCUT2D eigenvalue weighted by Crippen LogP contribution is 2.25. The summed E-state index contributed by atoms with van der Waals surface area (Å²) in [6, 6.07) is 11.1. The first-order valence-electron chi connectivity index (χ1n) is 5.97. The molecular formula is C15H13ClN2O2. The molecule has 0 saturated carbocycles. The van der Waals surface area contributed by atoms with Crippen molar-refractivity contribution in [2.45, 2.75) is 13.5 Å². The summed E-state index contributed by atoms with van der Waals surface area (Å²) in [5.41, 5.74) is 1.94. The number of hydrogen-bond donors (Lipinski definition) is 0. The molecule has 0 fully saturated rings. The fourth-order valence-electron chi connectivity index (χ4n) is 1.74. The number of methoxy groups -OCH3 is 1. The van der Waals surface area contributed by atoms with E-state index in [1.807, 2.05) is 24.3 Å². The Bertz CT molecular complexity index is 648. The second-order valence-corrected chi connectivity index (χ2v) is 4.54. The van der Waals surface area contributed by atoms with Gasteiger partial charge in [0.1, 0.15) is 34.9 Å². The van der Waals surface area contributed by atoms with Gasteiger partial charge < -0.3 is 9.47 Å². The molecule has 1 aromatic heterocycles. The molecule has 102 valence electrons. The first-order chi connectivity index (χ1) is 9.63. The number of hydrogen-bond acceptors (Lipinski definition) is 4. The van der Waals surface area contributed by atoms with Crippen LogP contribution in [-0.2, 0) is 6.61 Å². The number of pyridine rings is 1. The van der Waals surface area contributed by atoms with Crippen LogP contribution in [-0.4, -0.2) is 12.1 Å². The molecule has 0 spiro atoms. The van der Waals surface area contributed by atoms with Crippen LogP contribution in [0.15, 0.2) is 30.3 Å². The fourth-order valence-corrected chi connectivity index (χ4v) is 1.97. The van der Waals surface area contributed by atoms with Crippen molar-refractivity contribution in [1.82, 2.24) is 4.98 Å². The van der Waals surface area contributed by atoms with E-state index in [0.717, 1.165) is 11.3 Å². The lowest BCUT2D eigenvalue weighted by molar-refractivity contribution is 0.304. The normalized spacial score (nSPS) is 9.90. The van der Waals surface area contributed by atoms with Crippen LogP contribution in [0.4, 0.5) is 0 Å². The first-order valence-corrected chi connectivity index (χ1v) is 6.35. The highest BCUT2D eigenvalue weighted by molar-refractivity contribution is 6.29. The molecule has 0 saturated heterocycles. The Morgan fingerprint density at radius 1 is 1.30 bits per heavy atom. The minimum atomic E-state index is 0.311. The van der Waals surface area contributed by atoms with Crippen LogP contribution in [0.25, 0.3) is 0 Å². The number of aryl methyl sites for hydroxylation is 1. The van der Waals surface area contributed by atoms with Gasteiger partial charge in [-0.3, -0.25) is 0 Å². The molecule has 0 amide bonds. The summed E-state index contributed by atoms with van der Waals surface area (Å²) in [4.78, 5) is 4.03. The molecule has 0 aliphatic heterocycles. The molecule has 2 rings (SSSR count). The van der Waals surface area contributed by atoms with Crippen LogP contribution in [0.2, 0.25) is 5.15 Å². The second-order valence-electron chi connectivity index (χ2n) is 4.15. The molecule has 0 unspecified atom stereocenters. The SMILES string of the molecule is COc1ccc(COc2cc(Cl)nc(C)c2C#N)cc1. The average Bonchev–Trinajstić information content (AvgIpc) is 2.45. The summed E-state index contributed by atoms with van der Waals surface area (Å²) >= 11 is 5.88. The zero-order valence-corrected chi connectivity index (χ0v) is 11.9. The fraction of sp³-hybridized carbons (Fsp3) is 0.200. The summed E-state index contributed by atoms with van der Waals surface area (Å²) in [5.74, 6) is 1.23. The minimum absolute atomic E-state index is 0.311. The van der Waals surface area contributed by atoms with Crippen LogP contribution in [0.1, 0.15) is 16.8 Å². The number of halogens is 1. The average molecular weight is 289 g/mol. The van der Waals surface area contributed by atoms with E-state index in [2.05, 4.69) is 11.1 Å². The van der Waals surface area contributed by atoms with Gasteiger partial charge in [0.05, 0.1) is 12.8 Å². The molecule has 0 atom stereocenters. The lowest BCUT2D eigenvalue weighted by Crippen LogP contribution is -2.00. The van der Waals surface area contributed by atoms with Crippen LogP contribution in [0, 0.1) is 18.3 Å². The lowest BCUT2D eigenvalue weighted by Gasteiger charge is -2.10. The minimum Gasteiger partial charge on any atom is -0.497 e. The molecule has 0 aliphatic carbocycles. The molecule has 4 nitrogen and oxygen atoms in total. The predicted octanol–water partition coefficient (Wildman–Crippen LogP) is 3.50. The van der Waals surface area contributed by atoms with Crippen LogP contribution >= 0.6 is 11.6 Å². The number of benzene rings is 1. The largest absolute Gasteiger partial charge is 0.497 e. The van der Waals surface area contributed by atoms with Crippen LogP contribution in [0.3, 0.4) is 0 Å². The molecular weight excluding hydrogens is 276 g/mol. The van der Waals surface area contributed by atoms with Crippen molar-refractivity contribution < 1.29 is 9.47 Å². The van der Waals surface area contributed by atoms with E-state index in [9.17, 15) is 0 Å². The summed E-state index contributed by atoms with van der Waals surface area (Å²) in [6.07, 6.45) is 0. The Morgan fingerprint density at radius 2 is 2.00 bits per heavy atom. The highest BCUT2D eigenvalue weighted by atomic mass is 35.5. The molecule has 0 N–H and O–H groups in total. The van der Waals surface area contributed by atoms with E-state index in [4.69, 9.17) is 26.3 Å². The topological polar surface area (TPSA) is 55.1 Å². The van der Waals surface area contributed by atoms with Crippen molar-refractivity contribution in [3.8, 4) is 17.6 Å². The van der Waals surface area contributed by atoms with Gasteiger partial charge in [0.2, 0.25) is 0 Å². The molecule has 20 heavy (non-hydrogen) atoms. The number of rotatable bonds is 4. The molecule has 1 heterocycles. The first kappa shape index (κ1) is 14.2. The van der Waals surface area contributed by atoms with Gasteiger partial charge in [0, 0.05) is 6.07 Å². The summed E-state index contributed by atoms with van der Waals surface area (Å²) in [7, 11) is 1.62. The van der Waals surface area contributed by atoms with Crippen molar-refractivity contribution in [1.29, 1.82) is 5.26 Å². The molecule has 2 aromatic rings. The van der Waals surface area contributed by atoms with Crippen molar-refractivity contribution in [2.75, 3.05) is 7.11 Å². The maximum atomic E-state index is 9.13. The van der Waals surface area contributed by atoms with Gasteiger partial charge >= 0.3 is 0 Å². The number of ether oxygens (including phenoxy) is 2. The molecule has 5 heteroatoms. The van der Waals surface area contributed by atoms with Gasteiger partial charge in [-0.05, 0) is 24.6 Å². The van der Waals surface area contributed by atoms with E-state index in [1.54, 1.807) is 20.1 Å². The van der Waals surface area contributed by atoms with Gasteiger partial charge in [0.25, 0.3) is 0 Å². The molecule has 0 aliphatic rings. The van der Waals surface area contributed by atoms with Gasteiger partial charge in [0.15, 0.2) is 0 Å². The quantitative estimate of drug-likeness (QED) is 0.808.